The number of hydrogen-bond donors (Lipinski definition) is 2. The van der Waals surface area contributed by atoms with Crippen LogP contribution in [0, 0.1) is 26.7 Å². The minimum atomic E-state index is 0.139. The van der Waals surface area contributed by atoms with Crippen LogP contribution in [-0.2, 0) is 11.3 Å². The Morgan fingerprint density at radius 1 is 1.32 bits per heavy atom. The van der Waals surface area contributed by atoms with Crippen molar-refractivity contribution in [3.05, 3.63) is 34.4 Å². The number of aryl methyl sites for hydroxylation is 3. The summed E-state index contributed by atoms with van der Waals surface area (Å²) in [5.41, 5.74) is 5.06. The molecule has 3 nitrogen and oxygen atoms in total. The SMILES string of the molecule is Cc1cc(C)c(CNC(=O)C2CCCNC2)c(C)c1. The molecular weight excluding hydrogens is 236 g/mol. The minimum absolute atomic E-state index is 0.139. The van der Waals surface area contributed by atoms with E-state index in [9.17, 15) is 4.79 Å². The first kappa shape index (κ1) is 14.1. The molecule has 1 fully saturated rings. The zero-order valence-corrected chi connectivity index (χ0v) is 12.2. The van der Waals surface area contributed by atoms with E-state index in [1.165, 1.54) is 22.3 Å². The van der Waals surface area contributed by atoms with Crippen LogP contribution in [0.15, 0.2) is 12.1 Å². The highest BCUT2D eigenvalue weighted by Gasteiger charge is 2.20. The van der Waals surface area contributed by atoms with E-state index in [0.717, 1.165) is 25.9 Å². The van der Waals surface area contributed by atoms with E-state index in [2.05, 4.69) is 43.5 Å². The second-order valence-electron chi connectivity index (χ2n) is 5.64. The molecule has 1 unspecified atom stereocenters. The van der Waals surface area contributed by atoms with Gasteiger partial charge in [-0.05, 0) is 56.8 Å². The molecule has 104 valence electrons. The molecule has 1 saturated heterocycles. The fraction of sp³-hybridized carbons (Fsp3) is 0.562. The molecule has 2 N–H and O–H groups in total. The average Bonchev–Trinajstić information content (AvgIpc) is 2.38. The van der Waals surface area contributed by atoms with Crippen LogP contribution in [0.3, 0.4) is 0 Å². The molecule has 0 bridgehead atoms. The van der Waals surface area contributed by atoms with Crippen molar-refractivity contribution in [1.82, 2.24) is 10.6 Å². The van der Waals surface area contributed by atoms with Crippen LogP contribution in [-0.4, -0.2) is 19.0 Å². The summed E-state index contributed by atoms with van der Waals surface area (Å²) in [4.78, 5) is 12.1. The van der Waals surface area contributed by atoms with Gasteiger partial charge in [-0.25, -0.2) is 0 Å². The lowest BCUT2D eigenvalue weighted by Crippen LogP contribution is -2.40. The van der Waals surface area contributed by atoms with Gasteiger partial charge in [0.2, 0.25) is 5.91 Å². The molecule has 2 rings (SSSR count). The fourth-order valence-electron chi connectivity index (χ4n) is 2.88. The average molecular weight is 260 g/mol. The number of nitrogens with one attached hydrogen (secondary N) is 2. The number of rotatable bonds is 3. The maximum Gasteiger partial charge on any atom is 0.224 e. The molecule has 1 atom stereocenters. The fourth-order valence-corrected chi connectivity index (χ4v) is 2.88. The Kier molecular flexibility index (Phi) is 4.59. The third-order valence-electron chi connectivity index (χ3n) is 3.95. The summed E-state index contributed by atoms with van der Waals surface area (Å²) >= 11 is 0. The molecular formula is C16H24N2O. The lowest BCUT2D eigenvalue weighted by Gasteiger charge is -2.22. The molecule has 1 aromatic carbocycles. The molecule has 1 amide bonds. The Morgan fingerprint density at radius 3 is 2.58 bits per heavy atom. The number of piperidine rings is 1. The predicted molar refractivity (Wildman–Crippen MR) is 78.1 cm³/mol. The number of amides is 1. The van der Waals surface area contributed by atoms with Gasteiger partial charge >= 0.3 is 0 Å². The Morgan fingerprint density at radius 2 is 2.00 bits per heavy atom. The molecule has 3 heteroatoms. The Balaban J connectivity index is 1.96. The topological polar surface area (TPSA) is 41.1 Å². The highest BCUT2D eigenvalue weighted by molar-refractivity contribution is 5.79. The summed E-state index contributed by atoms with van der Waals surface area (Å²) in [5.74, 6) is 0.325. The van der Waals surface area contributed by atoms with Gasteiger partial charge in [0.25, 0.3) is 0 Å². The maximum absolute atomic E-state index is 12.1. The quantitative estimate of drug-likeness (QED) is 0.875. The highest BCUT2D eigenvalue weighted by atomic mass is 16.1. The van der Waals surface area contributed by atoms with Gasteiger partial charge in [-0.3, -0.25) is 4.79 Å². The third-order valence-corrected chi connectivity index (χ3v) is 3.95. The zero-order chi connectivity index (χ0) is 13.8. The van der Waals surface area contributed by atoms with Gasteiger partial charge in [-0.1, -0.05) is 17.7 Å². The third kappa shape index (κ3) is 3.57. The summed E-state index contributed by atoms with van der Waals surface area (Å²) in [6.45, 7) is 8.84. The normalized spacial score (nSPS) is 19.2. The number of carbonyl (C=O) groups is 1. The Hall–Kier alpha value is -1.35. The number of hydrogen-bond acceptors (Lipinski definition) is 2. The molecule has 1 heterocycles. The van der Waals surface area contributed by atoms with Crippen molar-refractivity contribution in [2.75, 3.05) is 13.1 Å². The van der Waals surface area contributed by atoms with Crippen molar-refractivity contribution >= 4 is 5.91 Å². The lowest BCUT2D eigenvalue weighted by molar-refractivity contribution is -0.125. The zero-order valence-electron chi connectivity index (χ0n) is 12.2. The maximum atomic E-state index is 12.1. The van der Waals surface area contributed by atoms with Crippen LogP contribution in [0.4, 0.5) is 0 Å². The summed E-state index contributed by atoms with van der Waals surface area (Å²) in [6.07, 6.45) is 2.10. The molecule has 19 heavy (non-hydrogen) atoms. The van der Waals surface area contributed by atoms with E-state index in [0.29, 0.717) is 6.54 Å². The lowest BCUT2D eigenvalue weighted by atomic mass is 9.97. The smallest absolute Gasteiger partial charge is 0.224 e. The predicted octanol–water partition coefficient (Wildman–Crippen LogP) is 2.23. The summed E-state index contributed by atoms with van der Waals surface area (Å²) in [6, 6.07) is 4.35. The van der Waals surface area contributed by atoms with Crippen molar-refractivity contribution < 1.29 is 4.79 Å². The number of benzene rings is 1. The molecule has 0 aromatic heterocycles. The molecule has 1 aromatic rings. The summed E-state index contributed by atoms with van der Waals surface area (Å²) < 4.78 is 0. The van der Waals surface area contributed by atoms with Crippen molar-refractivity contribution in [3.63, 3.8) is 0 Å². The summed E-state index contributed by atoms with van der Waals surface area (Å²) in [5, 5.41) is 6.37. The van der Waals surface area contributed by atoms with Crippen LogP contribution in [0.2, 0.25) is 0 Å². The molecule has 0 saturated carbocycles. The van der Waals surface area contributed by atoms with Gasteiger partial charge in [0.1, 0.15) is 0 Å². The van der Waals surface area contributed by atoms with Gasteiger partial charge in [0, 0.05) is 13.1 Å². The Bertz CT molecular complexity index is 439. The van der Waals surface area contributed by atoms with Crippen LogP contribution < -0.4 is 10.6 Å². The molecule has 1 aliphatic rings. The highest BCUT2D eigenvalue weighted by Crippen LogP contribution is 2.17. The van der Waals surface area contributed by atoms with Gasteiger partial charge in [-0.2, -0.15) is 0 Å². The minimum Gasteiger partial charge on any atom is -0.352 e. The van der Waals surface area contributed by atoms with E-state index in [-0.39, 0.29) is 11.8 Å². The van der Waals surface area contributed by atoms with E-state index in [4.69, 9.17) is 0 Å². The van der Waals surface area contributed by atoms with Crippen LogP contribution >= 0.6 is 0 Å². The van der Waals surface area contributed by atoms with Gasteiger partial charge in [0.15, 0.2) is 0 Å². The summed E-state index contributed by atoms with van der Waals surface area (Å²) in [7, 11) is 0. The number of carbonyl (C=O) groups excluding carboxylic acids is 1. The molecule has 0 radical (unpaired) electrons. The molecule has 0 spiro atoms. The second-order valence-corrected chi connectivity index (χ2v) is 5.64. The first-order valence-electron chi connectivity index (χ1n) is 7.13. The van der Waals surface area contributed by atoms with Gasteiger partial charge < -0.3 is 10.6 Å². The van der Waals surface area contributed by atoms with E-state index in [1.807, 2.05) is 0 Å². The first-order chi connectivity index (χ1) is 9.08. The van der Waals surface area contributed by atoms with E-state index < -0.39 is 0 Å². The van der Waals surface area contributed by atoms with Crippen LogP contribution in [0.1, 0.15) is 35.1 Å². The second kappa shape index (κ2) is 6.20. The monoisotopic (exact) mass is 260 g/mol. The van der Waals surface area contributed by atoms with Crippen molar-refractivity contribution in [2.24, 2.45) is 5.92 Å². The van der Waals surface area contributed by atoms with Crippen molar-refractivity contribution in [2.45, 2.75) is 40.2 Å². The van der Waals surface area contributed by atoms with Crippen LogP contribution in [0.25, 0.3) is 0 Å². The first-order valence-corrected chi connectivity index (χ1v) is 7.13. The van der Waals surface area contributed by atoms with Crippen molar-refractivity contribution in [3.8, 4) is 0 Å². The largest absolute Gasteiger partial charge is 0.352 e. The van der Waals surface area contributed by atoms with Crippen LogP contribution in [0.5, 0.6) is 0 Å². The Labute approximate surface area is 115 Å². The van der Waals surface area contributed by atoms with Gasteiger partial charge in [0.05, 0.1) is 5.92 Å². The molecule has 0 aliphatic carbocycles. The van der Waals surface area contributed by atoms with E-state index >= 15 is 0 Å². The van der Waals surface area contributed by atoms with E-state index in [1.54, 1.807) is 0 Å². The van der Waals surface area contributed by atoms with Gasteiger partial charge in [-0.15, -0.1) is 0 Å². The molecule has 1 aliphatic heterocycles. The standard InChI is InChI=1S/C16H24N2O/c1-11-7-12(2)15(13(3)8-11)10-18-16(19)14-5-4-6-17-9-14/h7-8,14,17H,4-6,9-10H2,1-3H3,(H,18,19). The van der Waals surface area contributed by atoms with Crippen molar-refractivity contribution in [1.29, 1.82) is 0 Å².